The molecule has 0 spiro atoms. The Bertz CT molecular complexity index is 611. The second-order valence-electron chi connectivity index (χ2n) is 5.18. The number of pyridine rings is 1. The van der Waals surface area contributed by atoms with Gasteiger partial charge in [-0.1, -0.05) is 6.07 Å². The highest BCUT2D eigenvalue weighted by Gasteiger charge is 2.08. The Balaban J connectivity index is 2.21. The average Bonchev–Trinajstić information content (AvgIpc) is 2.34. The van der Waals surface area contributed by atoms with Crippen LogP contribution in [0.25, 0.3) is 0 Å². The number of hydrogen-bond acceptors (Lipinski definition) is 3. The SMILES string of the molecule is Cc1ccc(Oc2ncc(CC(C)N)cc2C)c(Br)c1. The van der Waals surface area contributed by atoms with Gasteiger partial charge in [0.15, 0.2) is 0 Å². The summed E-state index contributed by atoms with van der Waals surface area (Å²) in [5.41, 5.74) is 9.13. The molecule has 1 unspecified atom stereocenters. The fraction of sp³-hybridized carbons (Fsp3) is 0.312. The van der Waals surface area contributed by atoms with Crippen molar-refractivity contribution in [2.24, 2.45) is 5.73 Å². The van der Waals surface area contributed by atoms with Crippen LogP contribution in [0.2, 0.25) is 0 Å². The van der Waals surface area contributed by atoms with Gasteiger partial charge < -0.3 is 10.5 Å². The van der Waals surface area contributed by atoms with E-state index < -0.39 is 0 Å². The van der Waals surface area contributed by atoms with Crippen LogP contribution in [-0.2, 0) is 6.42 Å². The Labute approximate surface area is 128 Å². The Morgan fingerprint density at radius 1 is 1.30 bits per heavy atom. The fourth-order valence-electron chi connectivity index (χ4n) is 2.00. The first-order valence-corrected chi connectivity index (χ1v) is 7.40. The van der Waals surface area contributed by atoms with Gasteiger partial charge in [0.1, 0.15) is 5.75 Å². The lowest BCUT2D eigenvalue weighted by molar-refractivity contribution is 0.455. The maximum atomic E-state index is 5.87. The molecule has 1 aromatic heterocycles. The lowest BCUT2D eigenvalue weighted by atomic mass is 10.1. The minimum atomic E-state index is 0.134. The molecule has 0 saturated carbocycles. The second-order valence-corrected chi connectivity index (χ2v) is 6.04. The predicted octanol–water partition coefficient (Wildman–Crippen LogP) is 4.14. The van der Waals surface area contributed by atoms with Crippen LogP contribution in [0.5, 0.6) is 11.6 Å². The van der Waals surface area contributed by atoms with Crippen molar-refractivity contribution in [3.05, 3.63) is 51.6 Å². The van der Waals surface area contributed by atoms with Gasteiger partial charge in [-0.05, 0) is 72.4 Å². The van der Waals surface area contributed by atoms with E-state index in [9.17, 15) is 0 Å². The molecule has 3 nitrogen and oxygen atoms in total. The van der Waals surface area contributed by atoms with Gasteiger partial charge in [0.25, 0.3) is 0 Å². The topological polar surface area (TPSA) is 48.1 Å². The molecule has 0 saturated heterocycles. The lowest BCUT2D eigenvalue weighted by Crippen LogP contribution is -2.17. The van der Waals surface area contributed by atoms with Gasteiger partial charge in [0.2, 0.25) is 5.88 Å². The van der Waals surface area contributed by atoms with Gasteiger partial charge >= 0.3 is 0 Å². The monoisotopic (exact) mass is 334 g/mol. The fourth-order valence-corrected chi connectivity index (χ4v) is 2.58. The summed E-state index contributed by atoms with van der Waals surface area (Å²) in [6, 6.07) is 8.19. The number of ether oxygens (including phenoxy) is 1. The second kappa shape index (κ2) is 6.37. The third-order valence-corrected chi connectivity index (χ3v) is 3.56. The Morgan fingerprint density at radius 2 is 2.05 bits per heavy atom. The van der Waals surface area contributed by atoms with E-state index >= 15 is 0 Å². The Hall–Kier alpha value is -1.39. The van der Waals surface area contributed by atoms with Crippen LogP contribution in [-0.4, -0.2) is 11.0 Å². The molecule has 106 valence electrons. The van der Waals surface area contributed by atoms with E-state index in [0.717, 1.165) is 27.8 Å². The van der Waals surface area contributed by atoms with Gasteiger partial charge in [-0.25, -0.2) is 4.98 Å². The summed E-state index contributed by atoms with van der Waals surface area (Å²) in [6.07, 6.45) is 2.65. The van der Waals surface area contributed by atoms with E-state index in [1.807, 2.05) is 45.2 Å². The van der Waals surface area contributed by atoms with Crippen molar-refractivity contribution in [3.8, 4) is 11.6 Å². The van der Waals surface area contributed by atoms with Crippen molar-refractivity contribution in [2.75, 3.05) is 0 Å². The van der Waals surface area contributed by atoms with Crippen molar-refractivity contribution >= 4 is 15.9 Å². The number of aryl methyl sites for hydroxylation is 2. The molecule has 0 amide bonds. The van der Waals surface area contributed by atoms with Crippen molar-refractivity contribution in [3.63, 3.8) is 0 Å². The van der Waals surface area contributed by atoms with Crippen molar-refractivity contribution in [1.82, 2.24) is 4.98 Å². The summed E-state index contributed by atoms with van der Waals surface area (Å²) >= 11 is 3.51. The molecule has 2 N–H and O–H groups in total. The number of nitrogens with zero attached hydrogens (tertiary/aromatic N) is 1. The minimum Gasteiger partial charge on any atom is -0.438 e. The van der Waals surface area contributed by atoms with Crippen LogP contribution < -0.4 is 10.5 Å². The van der Waals surface area contributed by atoms with Crippen LogP contribution in [0.4, 0.5) is 0 Å². The van der Waals surface area contributed by atoms with Crippen molar-refractivity contribution in [1.29, 1.82) is 0 Å². The third kappa shape index (κ3) is 3.81. The van der Waals surface area contributed by atoms with Crippen molar-refractivity contribution in [2.45, 2.75) is 33.2 Å². The van der Waals surface area contributed by atoms with Gasteiger partial charge in [-0.3, -0.25) is 0 Å². The number of rotatable bonds is 4. The summed E-state index contributed by atoms with van der Waals surface area (Å²) in [7, 11) is 0. The summed E-state index contributed by atoms with van der Waals surface area (Å²) in [5, 5.41) is 0. The highest BCUT2D eigenvalue weighted by atomic mass is 79.9. The number of nitrogens with two attached hydrogens (primary N) is 1. The Kier molecular flexibility index (Phi) is 4.78. The molecular formula is C16H19BrN2O. The third-order valence-electron chi connectivity index (χ3n) is 2.94. The molecule has 2 rings (SSSR count). The van der Waals surface area contributed by atoms with Crippen LogP contribution in [0.3, 0.4) is 0 Å². The standard InChI is InChI=1S/C16H19BrN2O/c1-10-4-5-15(14(17)6-10)20-16-11(2)7-13(9-19-16)8-12(3)18/h4-7,9,12H,8,18H2,1-3H3. The number of hydrogen-bond donors (Lipinski definition) is 1. The highest BCUT2D eigenvalue weighted by Crippen LogP contribution is 2.31. The van der Waals surface area contributed by atoms with Gasteiger partial charge in [0.05, 0.1) is 4.47 Å². The maximum Gasteiger partial charge on any atom is 0.222 e. The van der Waals surface area contributed by atoms with E-state index in [1.165, 1.54) is 5.56 Å². The molecule has 1 aromatic carbocycles. The molecule has 0 radical (unpaired) electrons. The van der Waals surface area contributed by atoms with E-state index in [4.69, 9.17) is 10.5 Å². The minimum absolute atomic E-state index is 0.134. The van der Waals surface area contributed by atoms with Gasteiger partial charge in [-0.15, -0.1) is 0 Å². The molecule has 1 heterocycles. The highest BCUT2D eigenvalue weighted by molar-refractivity contribution is 9.10. The smallest absolute Gasteiger partial charge is 0.222 e. The summed E-state index contributed by atoms with van der Waals surface area (Å²) in [6.45, 7) is 6.03. The first kappa shape index (κ1) is 15.0. The van der Waals surface area contributed by atoms with Crippen LogP contribution >= 0.6 is 15.9 Å². The predicted molar refractivity (Wildman–Crippen MR) is 85.3 cm³/mol. The van der Waals surface area contributed by atoms with Crippen LogP contribution in [0.1, 0.15) is 23.6 Å². The van der Waals surface area contributed by atoms with Crippen LogP contribution in [0, 0.1) is 13.8 Å². The summed E-state index contributed by atoms with van der Waals surface area (Å²) < 4.78 is 6.79. The molecule has 0 aliphatic heterocycles. The zero-order valence-corrected chi connectivity index (χ0v) is 13.6. The largest absolute Gasteiger partial charge is 0.438 e. The molecule has 4 heteroatoms. The molecule has 20 heavy (non-hydrogen) atoms. The lowest BCUT2D eigenvalue weighted by Gasteiger charge is -2.11. The molecular weight excluding hydrogens is 316 g/mol. The molecule has 0 aliphatic carbocycles. The van der Waals surface area contributed by atoms with Gasteiger partial charge in [0, 0.05) is 17.8 Å². The number of aromatic nitrogens is 1. The molecule has 0 bridgehead atoms. The van der Waals surface area contributed by atoms with E-state index in [2.05, 4.69) is 27.0 Å². The summed E-state index contributed by atoms with van der Waals surface area (Å²) in [4.78, 5) is 4.39. The molecule has 2 aromatic rings. The number of benzene rings is 1. The zero-order chi connectivity index (χ0) is 14.7. The molecule has 1 atom stereocenters. The van der Waals surface area contributed by atoms with Gasteiger partial charge in [-0.2, -0.15) is 0 Å². The van der Waals surface area contributed by atoms with E-state index in [-0.39, 0.29) is 6.04 Å². The number of halogens is 1. The quantitative estimate of drug-likeness (QED) is 0.913. The Morgan fingerprint density at radius 3 is 2.65 bits per heavy atom. The summed E-state index contributed by atoms with van der Waals surface area (Å²) in [5.74, 6) is 1.40. The molecule has 0 aliphatic rings. The maximum absolute atomic E-state index is 5.87. The normalized spacial score (nSPS) is 12.2. The van der Waals surface area contributed by atoms with Crippen LogP contribution in [0.15, 0.2) is 34.9 Å². The zero-order valence-electron chi connectivity index (χ0n) is 12.0. The van der Waals surface area contributed by atoms with E-state index in [0.29, 0.717) is 5.88 Å². The first-order chi connectivity index (χ1) is 9.45. The van der Waals surface area contributed by atoms with Crippen molar-refractivity contribution < 1.29 is 4.74 Å². The molecule has 0 fully saturated rings. The average molecular weight is 335 g/mol. The van der Waals surface area contributed by atoms with E-state index in [1.54, 1.807) is 0 Å². The first-order valence-electron chi connectivity index (χ1n) is 6.61.